The Morgan fingerprint density at radius 1 is 1.50 bits per heavy atom. The van der Waals surface area contributed by atoms with Gasteiger partial charge in [-0.2, -0.15) is 0 Å². The first-order valence-electron chi connectivity index (χ1n) is 7.03. The minimum atomic E-state index is -1.45. The number of aromatic amines is 1. The highest BCUT2D eigenvalue weighted by molar-refractivity contribution is 5.67. The van der Waals surface area contributed by atoms with Crippen LogP contribution in [0, 0.1) is 19.3 Å². The number of nitrogens with zero attached hydrogens (tertiary/aromatic N) is 1. The van der Waals surface area contributed by atoms with E-state index in [1.807, 2.05) is 0 Å². The lowest BCUT2D eigenvalue weighted by Crippen LogP contribution is -2.38. The van der Waals surface area contributed by atoms with Crippen molar-refractivity contribution in [1.29, 1.82) is 0 Å². The maximum Gasteiger partial charge on any atom is 0.407 e. The quantitative estimate of drug-likeness (QED) is 0.457. The summed E-state index contributed by atoms with van der Waals surface area (Å²) in [7, 11) is 0. The molecule has 2 rings (SSSR count). The van der Waals surface area contributed by atoms with Crippen molar-refractivity contribution in [3.8, 4) is 12.3 Å². The number of aliphatic hydroxyl groups excluding tert-OH is 2. The number of rotatable bonds is 4. The molecule has 0 bridgehead atoms. The van der Waals surface area contributed by atoms with Crippen LogP contribution in [-0.2, 0) is 9.47 Å². The minimum absolute atomic E-state index is 0.0236. The third-order valence-corrected chi connectivity index (χ3v) is 3.47. The summed E-state index contributed by atoms with van der Waals surface area (Å²) in [5, 5.41) is 22.3. The molecule has 0 radical (unpaired) electrons. The molecule has 0 spiro atoms. The number of aliphatic hydroxyl groups is 2. The van der Waals surface area contributed by atoms with Crippen molar-refractivity contribution in [3.05, 3.63) is 32.6 Å². The highest BCUT2D eigenvalue weighted by atomic mass is 16.6. The van der Waals surface area contributed by atoms with Gasteiger partial charge >= 0.3 is 11.8 Å². The SMILES string of the molecule is C#CCNC(=O)OC[C@H]1O[C@@H](n2cc(C)c(=O)[nH]c2=O)[C@@H](O)C1O. The van der Waals surface area contributed by atoms with Crippen LogP contribution in [0.5, 0.6) is 0 Å². The predicted octanol–water partition coefficient (Wildman–Crippen LogP) is -2.18. The first-order chi connectivity index (χ1) is 11.3. The van der Waals surface area contributed by atoms with Crippen molar-refractivity contribution in [2.45, 2.75) is 31.5 Å². The number of aromatic nitrogens is 2. The van der Waals surface area contributed by atoms with Crippen LogP contribution >= 0.6 is 0 Å². The molecule has 10 nitrogen and oxygen atoms in total. The second kappa shape index (κ2) is 7.31. The molecule has 24 heavy (non-hydrogen) atoms. The summed E-state index contributed by atoms with van der Waals surface area (Å²) >= 11 is 0. The van der Waals surface area contributed by atoms with Gasteiger partial charge in [0, 0.05) is 11.8 Å². The molecule has 1 aliphatic rings. The summed E-state index contributed by atoms with van der Waals surface area (Å²) in [5.41, 5.74) is -1.13. The number of carbonyl (C=O) groups excluding carboxylic acids is 1. The van der Waals surface area contributed by atoms with Gasteiger partial charge in [-0.05, 0) is 6.92 Å². The van der Waals surface area contributed by atoms with Crippen molar-refractivity contribution in [1.82, 2.24) is 14.9 Å². The maximum atomic E-state index is 11.8. The van der Waals surface area contributed by atoms with Crippen molar-refractivity contribution in [2.24, 2.45) is 0 Å². The lowest BCUT2D eigenvalue weighted by Gasteiger charge is -2.17. The number of amides is 1. The van der Waals surface area contributed by atoms with Crippen LogP contribution in [0.4, 0.5) is 4.79 Å². The van der Waals surface area contributed by atoms with Gasteiger partial charge in [-0.1, -0.05) is 5.92 Å². The smallest absolute Gasteiger partial charge is 0.407 e. The largest absolute Gasteiger partial charge is 0.447 e. The van der Waals surface area contributed by atoms with Gasteiger partial charge in [0.25, 0.3) is 5.56 Å². The topological polar surface area (TPSA) is 143 Å². The number of nitrogens with one attached hydrogen (secondary N) is 2. The Labute approximate surface area is 136 Å². The van der Waals surface area contributed by atoms with E-state index in [-0.39, 0.29) is 18.7 Å². The van der Waals surface area contributed by atoms with Crippen LogP contribution < -0.4 is 16.6 Å². The molecule has 1 aliphatic heterocycles. The zero-order valence-electron chi connectivity index (χ0n) is 12.8. The average Bonchev–Trinajstić information content (AvgIpc) is 2.82. The monoisotopic (exact) mass is 339 g/mol. The van der Waals surface area contributed by atoms with E-state index in [1.54, 1.807) is 0 Å². The highest BCUT2D eigenvalue weighted by Crippen LogP contribution is 2.28. The summed E-state index contributed by atoms with van der Waals surface area (Å²) < 4.78 is 11.2. The summed E-state index contributed by atoms with van der Waals surface area (Å²) in [5.74, 6) is 2.19. The number of H-pyrrole nitrogens is 1. The maximum absolute atomic E-state index is 11.8. The lowest BCUT2D eigenvalue weighted by molar-refractivity contribution is -0.0570. The van der Waals surface area contributed by atoms with E-state index in [0.29, 0.717) is 0 Å². The van der Waals surface area contributed by atoms with Gasteiger partial charge in [-0.25, -0.2) is 9.59 Å². The normalized spacial score (nSPS) is 25.9. The molecule has 1 unspecified atom stereocenters. The lowest BCUT2D eigenvalue weighted by atomic mass is 10.1. The second-order valence-electron chi connectivity index (χ2n) is 5.18. The van der Waals surface area contributed by atoms with Crippen LogP contribution in [0.15, 0.2) is 15.8 Å². The molecule has 4 N–H and O–H groups in total. The number of ether oxygens (including phenoxy) is 2. The Kier molecular flexibility index (Phi) is 5.40. The van der Waals surface area contributed by atoms with Gasteiger partial charge in [-0.3, -0.25) is 14.3 Å². The molecule has 0 saturated carbocycles. The molecule has 1 saturated heterocycles. The number of hydrogen-bond acceptors (Lipinski definition) is 7. The Hall–Kier alpha value is -2.61. The van der Waals surface area contributed by atoms with E-state index in [9.17, 15) is 24.6 Å². The van der Waals surface area contributed by atoms with Crippen LogP contribution in [0.25, 0.3) is 0 Å². The van der Waals surface area contributed by atoms with E-state index in [1.165, 1.54) is 13.1 Å². The van der Waals surface area contributed by atoms with Crippen molar-refractivity contribution >= 4 is 6.09 Å². The summed E-state index contributed by atoms with van der Waals surface area (Å²) in [6, 6.07) is 0. The third-order valence-electron chi connectivity index (χ3n) is 3.47. The first kappa shape index (κ1) is 17.7. The zero-order valence-corrected chi connectivity index (χ0v) is 12.8. The van der Waals surface area contributed by atoms with E-state index < -0.39 is 41.9 Å². The number of terminal acetylenes is 1. The van der Waals surface area contributed by atoms with E-state index >= 15 is 0 Å². The molecule has 2 heterocycles. The van der Waals surface area contributed by atoms with Gasteiger partial charge in [0.1, 0.15) is 24.9 Å². The van der Waals surface area contributed by atoms with Crippen molar-refractivity contribution < 1.29 is 24.5 Å². The predicted molar refractivity (Wildman–Crippen MR) is 80.2 cm³/mol. The van der Waals surface area contributed by atoms with Gasteiger partial charge in [0.05, 0.1) is 6.54 Å². The third kappa shape index (κ3) is 3.65. The Morgan fingerprint density at radius 2 is 2.21 bits per heavy atom. The summed E-state index contributed by atoms with van der Waals surface area (Å²) in [4.78, 5) is 36.6. The second-order valence-corrected chi connectivity index (χ2v) is 5.18. The van der Waals surface area contributed by atoms with Gasteiger partial charge < -0.3 is 25.0 Å². The molecule has 1 aromatic rings. The molecule has 10 heteroatoms. The Balaban J connectivity index is 2.09. The fourth-order valence-electron chi connectivity index (χ4n) is 2.20. The molecule has 130 valence electrons. The van der Waals surface area contributed by atoms with Gasteiger partial charge in [0.15, 0.2) is 6.23 Å². The van der Waals surface area contributed by atoms with E-state index in [4.69, 9.17) is 15.9 Å². The number of carbonyl (C=O) groups is 1. The summed E-state index contributed by atoms with van der Waals surface area (Å²) in [6.45, 7) is 1.09. The fourth-order valence-corrected chi connectivity index (χ4v) is 2.20. The molecule has 1 aromatic heterocycles. The molecule has 1 fully saturated rings. The highest BCUT2D eigenvalue weighted by Gasteiger charge is 2.44. The van der Waals surface area contributed by atoms with Gasteiger partial charge in [-0.15, -0.1) is 6.42 Å². The van der Waals surface area contributed by atoms with Gasteiger partial charge in [0.2, 0.25) is 0 Å². The Bertz CT molecular complexity index is 763. The minimum Gasteiger partial charge on any atom is -0.447 e. The van der Waals surface area contributed by atoms with Crippen molar-refractivity contribution in [3.63, 3.8) is 0 Å². The average molecular weight is 339 g/mol. The van der Waals surface area contributed by atoms with Crippen LogP contribution in [0.2, 0.25) is 0 Å². The zero-order chi connectivity index (χ0) is 17.9. The molecular formula is C14H17N3O7. The van der Waals surface area contributed by atoms with E-state index in [0.717, 1.165) is 4.57 Å². The molecule has 4 atom stereocenters. The number of hydrogen-bond donors (Lipinski definition) is 4. The van der Waals surface area contributed by atoms with E-state index in [2.05, 4.69) is 16.2 Å². The number of alkyl carbamates (subject to hydrolysis) is 1. The van der Waals surface area contributed by atoms with Crippen molar-refractivity contribution in [2.75, 3.05) is 13.2 Å². The molecule has 0 aromatic carbocycles. The molecule has 1 amide bonds. The first-order valence-corrected chi connectivity index (χ1v) is 7.03. The van der Waals surface area contributed by atoms with Crippen LogP contribution in [0.3, 0.4) is 0 Å². The summed E-state index contributed by atoms with van der Waals surface area (Å²) in [6.07, 6.45) is 0.257. The number of aryl methyl sites for hydroxylation is 1. The molecular weight excluding hydrogens is 322 g/mol. The molecule has 0 aliphatic carbocycles. The standard InChI is InChI=1S/C14H17N3O7/c1-3-4-15-14(22)23-6-8-9(18)10(19)12(24-8)17-5-7(2)11(20)16-13(17)21/h1,5,8-10,12,18-19H,4,6H2,2H3,(H,15,22)(H,16,20,21)/t8-,9?,10+,12-/m1/s1. The Morgan fingerprint density at radius 3 is 2.88 bits per heavy atom. The fraction of sp³-hybridized carbons (Fsp3) is 0.500. The van der Waals surface area contributed by atoms with Crippen LogP contribution in [0.1, 0.15) is 11.8 Å². The van der Waals surface area contributed by atoms with Crippen LogP contribution in [-0.4, -0.2) is 57.3 Å².